The summed E-state index contributed by atoms with van der Waals surface area (Å²) in [6.07, 6.45) is -0.504. The number of hydrogen-bond donors (Lipinski definition) is 6. The molecule has 0 aliphatic carbocycles. The second kappa shape index (κ2) is 7.30. The predicted molar refractivity (Wildman–Crippen MR) is 103 cm³/mol. The average molecular weight is 379 g/mol. The van der Waals surface area contributed by atoms with Crippen molar-refractivity contribution >= 4 is 0 Å². The lowest BCUT2D eigenvalue weighted by Gasteiger charge is -2.57. The van der Waals surface area contributed by atoms with E-state index in [-0.39, 0.29) is 12.8 Å². The van der Waals surface area contributed by atoms with Crippen molar-refractivity contribution in [3.8, 4) is 0 Å². The molecule has 0 amide bonds. The third kappa shape index (κ3) is 6.14. The van der Waals surface area contributed by atoms with Gasteiger partial charge < -0.3 is 30.6 Å². The van der Waals surface area contributed by atoms with E-state index in [4.69, 9.17) is 0 Å². The van der Waals surface area contributed by atoms with Crippen LogP contribution in [0.2, 0.25) is 0 Å². The van der Waals surface area contributed by atoms with Crippen molar-refractivity contribution in [3.63, 3.8) is 0 Å². The van der Waals surface area contributed by atoms with Crippen LogP contribution in [0.5, 0.6) is 0 Å². The molecule has 4 atom stereocenters. The molecule has 0 aromatic heterocycles. The molecule has 6 heteroatoms. The smallest absolute Gasteiger partial charge is 0.102 e. The number of hydrogen-bond acceptors (Lipinski definition) is 6. The van der Waals surface area contributed by atoms with Crippen LogP contribution < -0.4 is 0 Å². The summed E-state index contributed by atoms with van der Waals surface area (Å²) in [5, 5.41) is 65.6. The van der Waals surface area contributed by atoms with E-state index < -0.39 is 45.4 Å². The maximum atomic E-state index is 11.8. The zero-order valence-electron chi connectivity index (χ0n) is 18.3. The molecule has 0 spiro atoms. The van der Waals surface area contributed by atoms with Crippen molar-refractivity contribution in [3.05, 3.63) is 0 Å². The highest BCUT2D eigenvalue weighted by Crippen LogP contribution is 2.50. The minimum absolute atomic E-state index is 0.252. The zero-order chi connectivity index (χ0) is 21.6. The molecular formula is C20H42O6. The van der Waals surface area contributed by atoms with Gasteiger partial charge >= 0.3 is 0 Å². The fraction of sp³-hybridized carbons (Fsp3) is 1.00. The molecule has 0 aliphatic rings. The van der Waals surface area contributed by atoms with Crippen LogP contribution in [-0.4, -0.2) is 64.2 Å². The van der Waals surface area contributed by atoms with Gasteiger partial charge in [0.05, 0.1) is 22.4 Å². The lowest BCUT2D eigenvalue weighted by Crippen LogP contribution is -2.70. The van der Waals surface area contributed by atoms with Crippen LogP contribution in [0.3, 0.4) is 0 Å². The highest BCUT2D eigenvalue weighted by molar-refractivity contribution is 5.13. The van der Waals surface area contributed by atoms with Gasteiger partial charge in [0.2, 0.25) is 0 Å². The van der Waals surface area contributed by atoms with Gasteiger partial charge in [-0.2, -0.15) is 0 Å². The quantitative estimate of drug-likeness (QED) is 0.362. The Bertz CT molecular complexity index is 419. The Balaban J connectivity index is 6.70. The molecule has 0 saturated carbocycles. The van der Waals surface area contributed by atoms with Crippen LogP contribution in [0.15, 0.2) is 0 Å². The van der Waals surface area contributed by atoms with Gasteiger partial charge in [-0.25, -0.2) is 0 Å². The number of rotatable bonds is 9. The fourth-order valence-electron chi connectivity index (χ4n) is 3.85. The first-order valence-electron chi connectivity index (χ1n) is 9.32. The molecule has 0 fully saturated rings. The number of aliphatic hydroxyl groups is 6. The molecule has 26 heavy (non-hydrogen) atoms. The van der Waals surface area contributed by atoms with Crippen LogP contribution in [0.1, 0.15) is 82.1 Å². The second-order valence-electron chi connectivity index (χ2n) is 10.6. The lowest BCUT2D eigenvalue weighted by molar-refractivity contribution is -0.276. The summed E-state index contributed by atoms with van der Waals surface area (Å²) in [6, 6.07) is 0. The molecule has 6 nitrogen and oxygen atoms in total. The minimum atomic E-state index is -2.00. The Kier molecular flexibility index (Phi) is 7.23. The molecule has 0 aromatic carbocycles. The van der Waals surface area contributed by atoms with Crippen LogP contribution in [0.4, 0.5) is 0 Å². The molecule has 0 aliphatic heterocycles. The average Bonchev–Trinajstić information content (AvgIpc) is 2.29. The lowest BCUT2D eigenvalue weighted by atomic mass is 9.56. The topological polar surface area (TPSA) is 121 Å². The van der Waals surface area contributed by atoms with E-state index in [0.717, 1.165) is 0 Å². The molecular weight excluding hydrogens is 336 g/mol. The first kappa shape index (κ1) is 25.8. The van der Waals surface area contributed by atoms with E-state index in [1.165, 1.54) is 55.4 Å². The molecule has 4 unspecified atom stereocenters. The van der Waals surface area contributed by atoms with Crippen molar-refractivity contribution in [2.45, 2.75) is 116 Å². The van der Waals surface area contributed by atoms with E-state index >= 15 is 0 Å². The highest BCUT2D eigenvalue weighted by Gasteiger charge is 2.62. The van der Waals surface area contributed by atoms with E-state index in [1.807, 2.05) is 0 Å². The summed E-state index contributed by atoms with van der Waals surface area (Å²) in [6.45, 7) is 15.3. The normalized spacial score (nSPS) is 21.7. The molecule has 0 aromatic rings. The van der Waals surface area contributed by atoms with Gasteiger partial charge in [0.25, 0.3) is 0 Å². The Hall–Kier alpha value is -0.240. The van der Waals surface area contributed by atoms with Crippen LogP contribution in [-0.2, 0) is 0 Å². The standard InChI is InChI=1S/C20H42O6/c1-13(17(7,8)23)19(25,11-15(3,4)21)20(26,12-16(5,6)22)14(2)18(9,10)24/h13-14,21-26H,11-12H2,1-10H3. The fourth-order valence-corrected chi connectivity index (χ4v) is 3.85. The first-order valence-corrected chi connectivity index (χ1v) is 9.32. The summed E-state index contributed by atoms with van der Waals surface area (Å²) >= 11 is 0. The van der Waals surface area contributed by atoms with Gasteiger partial charge in [0, 0.05) is 24.7 Å². The molecule has 0 rings (SSSR count). The summed E-state index contributed by atoms with van der Waals surface area (Å²) in [5.41, 5.74) is -9.48. The predicted octanol–water partition coefficient (Wildman–Crippen LogP) is 1.58. The first-order chi connectivity index (χ1) is 11.0. The monoisotopic (exact) mass is 378 g/mol. The third-order valence-electron chi connectivity index (χ3n) is 5.71. The maximum absolute atomic E-state index is 11.8. The SMILES string of the molecule is CC(C(C)(C)O)C(O)(CC(C)(C)O)C(O)(CC(C)(C)O)C(C)C(C)(C)O. The van der Waals surface area contributed by atoms with Crippen molar-refractivity contribution in [1.29, 1.82) is 0 Å². The van der Waals surface area contributed by atoms with Gasteiger partial charge in [0.1, 0.15) is 11.2 Å². The Labute approximate surface area is 158 Å². The van der Waals surface area contributed by atoms with Gasteiger partial charge in [0.15, 0.2) is 0 Å². The van der Waals surface area contributed by atoms with Crippen LogP contribution in [0, 0.1) is 11.8 Å². The van der Waals surface area contributed by atoms with Crippen LogP contribution >= 0.6 is 0 Å². The Morgan fingerprint density at radius 3 is 0.808 bits per heavy atom. The van der Waals surface area contributed by atoms with Gasteiger partial charge in [-0.15, -0.1) is 0 Å². The van der Waals surface area contributed by atoms with Crippen molar-refractivity contribution < 1.29 is 30.6 Å². The van der Waals surface area contributed by atoms with E-state index in [2.05, 4.69) is 0 Å². The summed E-state index contributed by atoms with van der Waals surface area (Å²) in [7, 11) is 0. The zero-order valence-corrected chi connectivity index (χ0v) is 18.3. The summed E-state index contributed by atoms with van der Waals surface area (Å²) in [5.74, 6) is -1.75. The molecule has 0 radical (unpaired) electrons. The van der Waals surface area contributed by atoms with Gasteiger partial charge in [-0.05, 0) is 55.4 Å². The molecule has 0 saturated heterocycles. The molecule has 158 valence electrons. The highest BCUT2D eigenvalue weighted by atomic mass is 16.4. The van der Waals surface area contributed by atoms with Crippen molar-refractivity contribution in [1.82, 2.24) is 0 Å². The van der Waals surface area contributed by atoms with E-state index in [9.17, 15) is 30.6 Å². The van der Waals surface area contributed by atoms with Gasteiger partial charge in [-0.1, -0.05) is 13.8 Å². The minimum Gasteiger partial charge on any atom is -0.390 e. The van der Waals surface area contributed by atoms with Gasteiger partial charge in [-0.3, -0.25) is 0 Å². The van der Waals surface area contributed by atoms with E-state index in [1.54, 1.807) is 13.8 Å². The van der Waals surface area contributed by atoms with E-state index in [0.29, 0.717) is 0 Å². The Morgan fingerprint density at radius 1 is 0.500 bits per heavy atom. The Morgan fingerprint density at radius 2 is 0.692 bits per heavy atom. The van der Waals surface area contributed by atoms with Crippen molar-refractivity contribution in [2.24, 2.45) is 11.8 Å². The van der Waals surface area contributed by atoms with Crippen molar-refractivity contribution in [2.75, 3.05) is 0 Å². The molecule has 0 heterocycles. The summed E-state index contributed by atoms with van der Waals surface area (Å²) < 4.78 is 0. The largest absolute Gasteiger partial charge is 0.390 e. The molecule has 6 N–H and O–H groups in total. The maximum Gasteiger partial charge on any atom is 0.102 e. The second-order valence-corrected chi connectivity index (χ2v) is 10.6. The summed E-state index contributed by atoms with van der Waals surface area (Å²) in [4.78, 5) is 0. The molecule has 0 bridgehead atoms. The van der Waals surface area contributed by atoms with Crippen LogP contribution in [0.25, 0.3) is 0 Å². The third-order valence-corrected chi connectivity index (χ3v) is 5.71.